The van der Waals surface area contributed by atoms with Gasteiger partial charge >= 0.3 is 6.18 Å². The van der Waals surface area contributed by atoms with Gasteiger partial charge in [0.2, 0.25) is 15.9 Å². The lowest BCUT2D eigenvalue weighted by atomic mass is 10.2. The highest BCUT2D eigenvalue weighted by atomic mass is 32.2. The van der Waals surface area contributed by atoms with Crippen molar-refractivity contribution in [1.82, 2.24) is 9.62 Å². The van der Waals surface area contributed by atoms with Crippen LogP contribution in [0.1, 0.15) is 19.4 Å². The van der Waals surface area contributed by atoms with E-state index in [4.69, 9.17) is 0 Å². The van der Waals surface area contributed by atoms with E-state index in [1.165, 1.54) is 35.6 Å². The Hall–Kier alpha value is -1.65. The van der Waals surface area contributed by atoms with Crippen LogP contribution in [-0.4, -0.2) is 51.1 Å². The standard InChI is InChI=1S/C15H21F3N2O4S/c1-11(2)20(3)25(22,23)13-6-4-12(5-7-13)8-19-14(21)9-24-10-15(16,17)18/h4-7,11H,8-10H2,1-3H3,(H,19,21). The number of hydrogen-bond donors (Lipinski definition) is 1. The maximum Gasteiger partial charge on any atom is 0.411 e. The van der Waals surface area contributed by atoms with Crippen molar-refractivity contribution in [1.29, 1.82) is 0 Å². The van der Waals surface area contributed by atoms with E-state index in [1.54, 1.807) is 13.8 Å². The summed E-state index contributed by atoms with van der Waals surface area (Å²) in [6.45, 7) is 1.36. The molecule has 10 heteroatoms. The van der Waals surface area contributed by atoms with Crippen LogP contribution in [0.2, 0.25) is 0 Å². The summed E-state index contributed by atoms with van der Waals surface area (Å²) in [6, 6.07) is 5.68. The molecule has 0 aliphatic rings. The second kappa shape index (κ2) is 8.63. The number of nitrogens with one attached hydrogen (secondary N) is 1. The van der Waals surface area contributed by atoms with Gasteiger partial charge in [-0.05, 0) is 31.5 Å². The molecule has 0 atom stereocenters. The van der Waals surface area contributed by atoms with Crippen LogP contribution in [-0.2, 0) is 26.1 Å². The van der Waals surface area contributed by atoms with Crippen molar-refractivity contribution in [2.24, 2.45) is 0 Å². The minimum Gasteiger partial charge on any atom is -0.362 e. The summed E-state index contributed by atoms with van der Waals surface area (Å²) in [4.78, 5) is 11.5. The number of rotatable bonds is 8. The monoisotopic (exact) mass is 382 g/mol. The summed E-state index contributed by atoms with van der Waals surface area (Å²) in [5.74, 6) is -0.694. The number of amides is 1. The molecule has 0 fully saturated rings. The van der Waals surface area contributed by atoms with Gasteiger partial charge < -0.3 is 10.1 Å². The van der Waals surface area contributed by atoms with Crippen LogP contribution < -0.4 is 5.32 Å². The van der Waals surface area contributed by atoms with Crippen LogP contribution in [0.5, 0.6) is 0 Å². The van der Waals surface area contributed by atoms with E-state index in [-0.39, 0.29) is 17.5 Å². The van der Waals surface area contributed by atoms with E-state index in [9.17, 15) is 26.4 Å². The zero-order valence-electron chi connectivity index (χ0n) is 14.1. The molecule has 0 aliphatic carbocycles. The number of ether oxygens (including phenoxy) is 1. The lowest BCUT2D eigenvalue weighted by Crippen LogP contribution is -2.33. The Bertz CT molecular complexity index is 673. The van der Waals surface area contributed by atoms with Crippen molar-refractivity contribution in [3.05, 3.63) is 29.8 Å². The SMILES string of the molecule is CC(C)N(C)S(=O)(=O)c1ccc(CNC(=O)COCC(F)(F)F)cc1. The summed E-state index contributed by atoms with van der Waals surface area (Å²) in [5.41, 5.74) is 0.607. The van der Waals surface area contributed by atoms with Gasteiger partial charge in [0.05, 0.1) is 4.90 Å². The number of benzene rings is 1. The van der Waals surface area contributed by atoms with Crippen LogP contribution >= 0.6 is 0 Å². The summed E-state index contributed by atoms with van der Waals surface area (Å²) < 4.78 is 65.7. The Labute approximate surface area is 145 Å². The normalized spacial score (nSPS) is 12.6. The van der Waals surface area contributed by atoms with E-state index in [1.807, 2.05) is 0 Å². The van der Waals surface area contributed by atoms with E-state index in [0.29, 0.717) is 5.56 Å². The van der Waals surface area contributed by atoms with Crippen molar-refractivity contribution in [2.45, 2.75) is 37.5 Å². The largest absolute Gasteiger partial charge is 0.411 e. The third-order valence-electron chi connectivity index (χ3n) is 3.32. The van der Waals surface area contributed by atoms with E-state index >= 15 is 0 Å². The molecule has 0 radical (unpaired) electrons. The molecule has 1 aromatic rings. The Morgan fingerprint density at radius 1 is 1.24 bits per heavy atom. The van der Waals surface area contributed by atoms with Gasteiger partial charge in [0, 0.05) is 19.6 Å². The van der Waals surface area contributed by atoms with Gasteiger partial charge in [0.1, 0.15) is 13.2 Å². The van der Waals surface area contributed by atoms with Gasteiger partial charge in [0.15, 0.2) is 0 Å². The number of alkyl halides is 3. The van der Waals surface area contributed by atoms with Gasteiger partial charge in [-0.3, -0.25) is 4.79 Å². The molecule has 25 heavy (non-hydrogen) atoms. The van der Waals surface area contributed by atoms with Gasteiger partial charge in [-0.25, -0.2) is 8.42 Å². The quantitative estimate of drug-likeness (QED) is 0.745. The Kier molecular flexibility index (Phi) is 7.39. The fraction of sp³-hybridized carbons (Fsp3) is 0.533. The summed E-state index contributed by atoms with van der Waals surface area (Å²) >= 11 is 0. The van der Waals surface area contributed by atoms with E-state index < -0.39 is 35.3 Å². The van der Waals surface area contributed by atoms with Crippen molar-refractivity contribution in [3.8, 4) is 0 Å². The van der Waals surface area contributed by atoms with Gasteiger partial charge in [-0.15, -0.1) is 0 Å². The van der Waals surface area contributed by atoms with Crippen molar-refractivity contribution >= 4 is 15.9 Å². The minimum absolute atomic E-state index is 0.0502. The zero-order valence-corrected chi connectivity index (χ0v) is 14.9. The third kappa shape index (κ3) is 7.00. The third-order valence-corrected chi connectivity index (χ3v) is 5.36. The molecule has 0 bridgehead atoms. The summed E-state index contributed by atoms with van der Waals surface area (Å²) in [7, 11) is -2.11. The van der Waals surface area contributed by atoms with Crippen LogP contribution in [0.4, 0.5) is 13.2 Å². The van der Waals surface area contributed by atoms with Gasteiger partial charge in [-0.2, -0.15) is 17.5 Å². The topological polar surface area (TPSA) is 75.7 Å². The molecule has 1 aromatic carbocycles. The fourth-order valence-electron chi connectivity index (χ4n) is 1.73. The molecule has 0 saturated carbocycles. The average Bonchev–Trinajstić information content (AvgIpc) is 2.51. The number of sulfonamides is 1. The summed E-state index contributed by atoms with van der Waals surface area (Å²) in [6.07, 6.45) is -4.48. The first-order chi connectivity index (χ1) is 11.4. The smallest absolute Gasteiger partial charge is 0.362 e. The summed E-state index contributed by atoms with van der Waals surface area (Å²) in [5, 5.41) is 2.39. The van der Waals surface area contributed by atoms with Crippen LogP contribution in [0.15, 0.2) is 29.2 Å². The molecule has 0 spiro atoms. The number of carbonyl (C=O) groups is 1. The number of carbonyl (C=O) groups excluding carboxylic acids is 1. The number of hydrogen-bond acceptors (Lipinski definition) is 4. The molecule has 0 saturated heterocycles. The van der Waals surface area contributed by atoms with Crippen LogP contribution in [0.25, 0.3) is 0 Å². The average molecular weight is 382 g/mol. The molecule has 0 aromatic heterocycles. The highest BCUT2D eigenvalue weighted by Gasteiger charge is 2.27. The predicted octanol–water partition coefficient (Wildman–Crippen LogP) is 1.91. The van der Waals surface area contributed by atoms with Gasteiger partial charge in [-0.1, -0.05) is 12.1 Å². The molecule has 1 rings (SSSR count). The molecule has 1 N–H and O–H groups in total. The highest BCUT2D eigenvalue weighted by molar-refractivity contribution is 7.89. The predicted molar refractivity (Wildman–Crippen MR) is 85.2 cm³/mol. The van der Waals surface area contributed by atoms with Crippen LogP contribution in [0, 0.1) is 0 Å². The molecule has 142 valence electrons. The van der Waals surface area contributed by atoms with Crippen LogP contribution in [0.3, 0.4) is 0 Å². The maximum absolute atomic E-state index is 12.3. The first-order valence-corrected chi connectivity index (χ1v) is 8.85. The minimum atomic E-state index is -4.48. The second-order valence-electron chi connectivity index (χ2n) is 5.64. The molecule has 0 aliphatic heterocycles. The Morgan fingerprint density at radius 2 is 1.80 bits per heavy atom. The molecule has 0 heterocycles. The number of nitrogens with zero attached hydrogens (tertiary/aromatic N) is 1. The van der Waals surface area contributed by atoms with Crippen molar-refractivity contribution in [2.75, 3.05) is 20.3 Å². The second-order valence-corrected chi connectivity index (χ2v) is 7.64. The molecule has 6 nitrogen and oxygen atoms in total. The van der Waals surface area contributed by atoms with E-state index in [2.05, 4.69) is 10.1 Å². The number of halogens is 3. The van der Waals surface area contributed by atoms with Crippen molar-refractivity contribution < 1.29 is 31.1 Å². The van der Waals surface area contributed by atoms with Gasteiger partial charge in [0.25, 0.3) is 0 Å². The lowest BCUT2D eigenvalue weighted by molar-refractivity contribution is -0.175. The first-order valence-electron chi connectivity index (χ1n) is 7.41. The lowest BCUT2D eigenvalue weighted by Gasteiger charge is -2.21. The maximum atomic E-state index is 12.3. The zero-order chi connectivity index (χ0) is 19.3. The highest BCUT2D eigenvalue weighted by Crippen LogP contribution is 2.17. The van der Waals surface area contributed by atoms with Crippen molar-refractivity contribution in [3.63, 3.8) is 0 Å². The molecular formula is C15H21F3N2O4S. The van der Waals surface area contributed by atoms with E-state index in [0.717, 1.165) is 0 Å². The fourth-order valence-corrected chi connectivity index (χ4v) is 3.10. The molecule has 1 amide bonds. The Morgan fingerprint density at radius 3 is 2.28 bits per heavy atom. The molecule has 0 unspecified atom stereocenters. The Balaban J connectivity index is 2.56. The first kappa shape index (κ1) is 21.4. The molecular weight excluding hydrogens is 361 g/mol.